The van der Waals surface area contributed by atoms with E-state index in [9.17, 15) is 0 Å². The molecule has 2 N–H and O–H groups in total. The number of aromatic nitrogens is 5. The van der Waals surface area contributed by atoms with Gasteiger partial charge in [0.25, 0.3) is 0 Å². The topological polar surface area (TPSA) is 82.5 Å². The predicted molar refractivity (Wildman–Crippen MR) is 67.8 cm³/mol. The second-order valence-corrected chi connectivity index (χ2v) is 4.33. The third-order valence-corrected chi connectivity index (χ3v) is 2.94. The first-order chi connectivity index (χ1) is 8.61. The SMILES string of the molecule is CCn1ncnc1CC(N)c1cc(C)nnc1C. The van der Waals surface area contributed by atoms with Gasteiger partial charge >= 0.3 is 0 Å². The van der Waals surface area contributed by atoms with Gasteiger partial charge in [0.15, 0.2) is 0 Å². The molecule has 0 radical (unpaired) electrons. The summed E-state index contributed by atoms with van der Waals surface area (Å²) in [5.41, 5.74) is 9.00. The maximum Gasteiger partial charge on any atom is 0.138 e. The van der Waals surface area contributed by atoms with Gasteiger partial charge in [-0.15, -0.1) is 0 Å². The summed E-state index contributed by atoms with van der Waals surface area (Å²) in [7, 11) is 0. The number of aryl methyl sites for hydroxylation is 3. The largest absolute Gasteiger partial charge is 0.324 e. The van der Waals surface area contributed by atoms with Gasteiger partial charge in [-0.05, 0) is 32.4 Å². The number of hydrogen-bond acceptors (Lipinski definition) is 5. The molecule has 0 spiro atoms. The van der Waals surface area contributed by atoms with Gasteiger partial charge < -0.3 is 5.73 Å². The zero-order chi connectivity index (χ0) is 13.1. The van der Waals surface area contributed by atoms with Gasteiger partial charge in [-0.25, -0.2) is 4.98 Å². The first kappa shape index (κ1) is 12.6. The Bertz CT molecular complexity index is 533. The molecule has 2 heterocycles. The van der Waals surface area contributed by atoms with E-state index in [-0.39, 0.29) is 6.04 Å². The van der Waals surface area contributed by atoms with Gasteiger partial charge in [0, 0.05) is 19.0 Å². The zero-order valence-corrected chi connectivity index (χ0v) is 11.0. The van der Waals surface area contributed by atoms with Crippen LogP contribution in [0.15, 0.2) is 12.4 Å². The first-order valence-corrected chi connectivity index (χ1v) is 6.05. The molecule has 0 aliphatic carbocycles. The molecule has 0 aliphatic heterocycles. The van der Waals surface area contributed by atoms with Crippen molar-refractivity contribution in [2.75, 3.05) is 0 Å². The van der Waals surface area contributed by atoms with E-state index in [4.69, 9.17) is 5.73 Å². The standard InChI is InChI=1S/C12H18N6/c1-4-18-12(14-7-15-18)6-11(13)10-5-8(2)16-17-9(10)3/h5,7,11H,4,6,13H2,1-3H3. The molecule has 0 fully saturated rings. The van der Waals surface area contributed by atoms with Gasteiger partial charge in [0.05, 0.1) is 11.4 Å². The lowest BCUT2D eigenvalue weighted by Crippen LogP contribution is -2.19. The van der Waals surface area contributed by atoms with Crippen molar-refractivity contribution >= 4 is 0 Å². The van der Waals surface area contributed by atoms with Crippen LogP contribution in [0.25, 0.3) is 0 Å². The van der Waals surface area contributed by atoms with Crippen LogP contribution in [0.1, 0.15) is 35.7 Å². The van der Waals surface area contributed by atoms with Crippen molar-refractivity contribution in [2.24, 2.45) is 5.73 Å². The van der Waals surface area contributed by atoms with Gasteiger partial charge in [0.2, 0.25) is 0 Å². The molecule has 0 bridgehead atoms. The summed E-state index contributed by atoms with van der Waals surface area (Å²) in [6, 6.07) is 1.85. The highest BCUT2D eigenvalue weighted by Gasteiger charge is 2.14. The van der Waals surface area contributed by atoms with Crippen molar-refractivity contribution in [3.8, 4) is 0 Å². The van der Waals surface area contributed by atoms with E-state index in [1.54, 1.807) is 6.33 Å². The molecular weight excluding hydrogens is 228 g/mol. The molecule has 0 amide bonds. The molecule has 1 unspecified atom stereocenters. The molecule has 2 aromatic heterocycles. The number of nitrogens with two attached hydrogens (primary N) is 1. The highest BCUT2D eigenvalue weighted by Crippen LogP contribution is 2.17. The Morgan fingerprint density at radius 3 is 2.83 bits per heavy atom. The highest BCUT2D eigenvalue weighted by molar-refractivity contribution is 5.24. The molecule has 1 atom stereocenters. The fourth-order valence-electron chi connectivity index (χ4n) is 1.96. The quantitative estimate of drug-likeness (QED) is 0.868. The minimum Gasteiger partial charge on any atom is -0.324 e. The van der Waals surface area contributed by atoms with Crippen molar-refractivity contribution in [2.45, 2.75) is 39.8 Å². The molecule has 0 saturated heterocycles. The summed E-state index contributed by atoms with van der Waals surface area (Å²) >= 11 is 0. The van der Waals surface area contributed by atoms with E-state index in [0.29, 0.717) is 6.42 Å². The van der Waals surface area contributed by atoms with Crippen LogP contribution in [0.4, 0.5) is 0 Å². The van der Waals surface area contributed by atoms with Crippen LogP contribution in [0.3, 0.4) is 0 Å². The van der Waals surface area contributed by atoms with E-state index in [1.807, 2.05) is 31.5 Å². The molecule has 2 aromatic rings. The Kier molecular flexibility index (Phi) is 3.66. The highest BCUT2D eigenvalue weighted by atomic mass is 15.3. The van der Waals surface area contributed by atoms with E-state index < -0.39 is 0 Å². The van der Waals surface area contributed by atoms with E-state index >= 15 is 0 Å². The lowest BCUT2D eigenvalue weighted by atomic mass is 10.0. The summed E-state index contributed by atoms with van der Waals surface area (Å²) < 4.78 is 1.86. The number of rotatable bonds is 4. The van der Waals surface area contributed by atoms with Crippen LogP contribution in [-0.4, -0.2) is 25.0 Å². The molecule has 0 saturated carbocycles. The van der Waals surface area contributed by atoms with Crippen molar-refractivity contribution in [3.05, 3.63) is 35.2 Å². The molecule has 0 aromatic carbocycles. The van der Waals surface area contributed by atoms with E-state index in [1.165, 1.54) is 0 Å². The summed E-state index contributed by atoms with van der Waals surface area (Å²) in [6.45, 7) is 6.67. The van der Waals surface area contributed by atoms with Gasteiger partial charge in [0.1, 0.15) is 12.2 Å². The molecular formula is C12H18N6. The van der Waals surface area contributed by atoms with E-state index in [2.05, 4.69) is 20.3 Å². The fourth-order valence-corrected chi connectivity index (χ4v) is 1.96. The lowest BCUT2D eigenvalue weighted by Gasteiger charge is -2.14. The van der Waals surface area contributed by atoms with Crippen LogP contribution < -0.4 is 5.73 Å². The van der Waals surface area contributed by atoms with Crippen molar-refractivity contribution in [1.29, 1.82) is 0 Å². The Morgan fingerprint density at radius 1 is 1.33 bits per heavy atom. The minimum atomic E-state index is -0.131. The molecule has 18 heavy (non-hydrogen) atoms. The van der Waals surface area contributed by atoms with Crippen molar-refractivity contribution in [1.82, 2.24) is 25.0 Å². The van der Waals surface area contributed by atoms with E-state index in [0.717, 1.165) is 29.3 Å². The van der Waals surface area contributed by atoms with Gasteiger partial charge in [-0.3, -0.25) is 4.68 Å². The Hall–Kier alpha value is -1.82. The smallest absolute Gasteiger partial charge is 0.138 e. The Morgan fingerprint density at radius 2 is 2.11 bits per heavy atom. The summed E-state index contributed by atoms with van der Waals surface area (Å²) in [4.78, 5) is 4.24. The van der Waals surface area contributed by atoms with Crippen LogP contribution in [0.2, 0.25) is 0 Å². The third kappa shape index (κ3) is 2.53. The molecule has 0 aliphatic rings. The summed E-state index contributed by atoms with van der Waals surface area (Å²) in [5.74, 6) is 0.902. The average molecular weight is 246 g/mol. The molecule has 6 nitrogen and oxygen atoms in total. The zero-order valence-electron chi connectivity index (χ0n) is 11.0. The third-order valence-electron chi connectivity index (χ3n) is 2.94. The predicted octanol–water partition coefficient (Wildman–Crippen LogP) is 0.947. The van der Waals surface area contributed by atoms with Crippen LogP contribution in [-0.2, 0) is 13.0 Å². The maximum absolute atomic E-state index is 6.23. The van der Waals surface area contributed by atoms with Crippen LogP contribution in [0.5, 0.6) is 0 Å². The molecule has 96 valence electrons. The Labute approximate surface area is 106 Å². The average Bonchev–Trinajstić information content (AvgIpc) is 2.79. The first-order valence-electron chi connectivity index (χ1n) is 6.05. The molecule has 6 heteroatoms. The van der Waals surface area contributed by atoms with Gasteiger partial charge in [-0.2, -0.15) is 15.3 Å². The monoisotopic (exact) mass is 246 g/mol. The Balaban J connectivity index is 2.21. The van der Waals surface area contributed by atoms with Crippen molar-refractivity contribution in [3.63, 3.8) is 0 Å². The van der Waals surface area contributed by atoms with Gasteiger partial charge in [-0.1, -0.05) is 0 Å². The van der Waals surface area contributed by atoms with Crippen LogP contribution in [0, 0.1) is 13.8 Å². The normalized spacial score (nSPS) is 12.7. The minimum absolute atomic E-state index is 0.131. The fraction of sp³-hybridized carbons (Fsp3) is 0.500. The van der Waals surface area contributed by atoms with Crippen LogP contribution >= 0.6 is 0 Å². The van der Waals surface area contributed by atoms with Crippen molar-refractivity contribution < 1.29 is 0 Å². The number of hydrogen-bond donors (Lipinski definition) is 1. The molecule has 2 rings (SSSR count). The second-order valence-electron chi connectivity index (χ2n) is 4.33. The second kappa shape index (κ2) is 5.22. The number of nitrogens with zero attached hydrogens (tertiary/aromatic N) is 5. The summed E-state index contributed by atoms with van der Waals surface area (Å²) in [6.07, 6.45) is 2.22. The summed E-state index contributed by atoms with van der Waals surface area (Å²) in [5, 5.41) is 12.3. The maximum atomic E-state index is 6.23. The lowest BCUT2D eigenvalue weighted by molar-refractivity contribution is 0.578.